The molecule has 0 spiro atoms. The molecule has 15 heteroatoms. The molecule has 4 N–H and O–H groups in total. The molecular weight excluding hydrogens is 682 g/mol. The Morgan fingerprint density at radius 1 is 0.811 bits per heavy atom. The number of carbonyl (C=O) groups excluding carboxylic acids is 6. The normalized spacial score (nSPS) is 17.4. The van der Waals surface area contributed by atoms with Crippen LogP contribution in [0.3, 0.4) is 0 Å². The number of likely N-dealkylation sites (tertiary alicyclic amines) is 1. The van der Waals surface area contributed by atoms with Crippen LogP contribution in [0.15, 0.2) is 0 Å². The van der Waals surface area contributed by atoms with Crippen molar-refractivity contribution in [2.45, 2.75) is 143 Å². The Morgan fingerprint density at radius 3 is 1.87 bits per heavy atom. The summed E-state index contributed by atoms with van der Waals surface area (Å²) in [5, 5.41) is 18.1. The summed E-state index contributed by atoms with van der Waals surface area (Å²) >= 11 is 0. The van der Waals surface area contributed by atoms with Crippen molar-refractivity contribution in [1.29, 1.82) is 0 Å². The molecule has 0 aromatic rings. The maximum Gasteiger partial charge on any atom is 0.245 e. The number of aliphatic hydroxyl groups excluding tert-OH is 1. The number of hydrogen-bond donors (Lipinski definition) is 4. The number of ether oxygens (including phenoxy) is 1. The molecule has 6 amide bonds. The molecule has 0 aromatic carbocycles. The highest BCUT2D eigenvalue weighted by Crippen LogP contribution is 2.23. The average Bonchev–Trinajstić information content (AvgIpc) is 3.10. The van der Waals surface area contributed by atoms with Gasteiger partial charge in [-0.05, 0) is 70.8 Å². The molecule has 0 saturated carbocycles. The first-order chi connectivity index (χ1) is 24.7. The maximum atomic E-state index is 14.3. The van der Waals surface area contributed by atoms with Crippen molar-refractivity contribution in [3.8, 4) is 0 Å². The summed E-state index contributed by atoms with van der Waals surface area (Å²) in [6, 6.07) is -4.56. The first kappa shape index (κ1) is 47.7. The molecule has 0 aromatic heterocycles. The summed E-state index contributed by atoms with van der Waals surface area (Å²) in [4.78, 5) is 87.1. The van der Waals surface area contributed by atoms with Crippen molar-refractivity contribution in [3.05, 3.63) is 0 Å². The monoisotopic (exact) mass is 754 g/mol. The van der Waals surface area contributed by atoms with E-state index in [2.05, 4.69) is 16.0 Å². The van der Waals surface area contributed by atoms with Crippen molar-refractivity contribution in [2.24, 2.45) is 17.8 Å². The van der Waals surface area contributed by atoms with Crippen molar-refractivity contribution < 1.29 is 38.6 Å². The van der Waals surface area contributed by atoms with E-state index in [1.807, 2.05) is 41.5 Å². The fraction of sp³-hybridized carbons (Fsp3) is 0.842. The van der Waals surface area contributed by atoms with E-state index in [9.17, 15) is 33.9 Å². The van der Waals surface area contributed by atoms with Crippen LogP contribution >= 0.6 is 0 Å². The SMILES string of the molecule is CNC(=O)[C@@H](NC(=O)[C@H](CC(C)C)N(C)C(=O)[C@H](C(C)C)N(C)C(OC)[C@@H](C)N(C)C(=O)C[C@H](NC(=O)CCC(C)C)C(=O)N1CCCCC1)[C@@H](C)O. The first-order valence-corrected chi connectivity index (χ1v) is 19.2. The number of hydrogen-bond acceptors (Lipinski definition) is 9. The molecule has 1 heterocycles. The van der Waals surface area contributed by atoms with Gasteiger partial charge < -0.3 is 40.5 Å². The number of nitrogens with zero attached hydrogens (tertiary/aromatic N) is 4. The molecule has 1 saturated heterocycles. The second-order valence-electron chi connectivity index (χ2n) is 15.8. The largest absolute Gasteiger partial charge is 0.391 e. The van der Waals surface area contributed by atoms with Gasteiger partial charge in [-0.15, -0.1) is 0 Å². The third kappa shape index (κ3) is 14.5. The summed E-state index contributed by atoms with van der Waals surface area (Å²) in [6.07, 6.45) is 1.82. The van der Waals surface area contributed by atoms with Gasteiger partial charge in [-0.25, -0.2) is 0 Å². The van der Waals surface area contributed by atoms with Gasteiger partial charge in [0.1, 0.15) is 24.4 Å². The van der Waals surface area contributed by atoms with Gasteiger partial charge >= 0.3 is 0 Å². The minimum atomic E-state index is -1.20. The lowest BCUT2D eigenvalue weighted by Crippen LogP contribution is -2.62. The van der Waals surface area contributed by atoms with Gasteiger partial charge in [0.25, 0.3) is 0 Å². The molecule has 15 nitrogen and oxygen atoms in total. The Morgan fingerprint density at radius 2 is 1.40 bits per heavy atom. The lowest BCUT2D eigenvalue weighted by molar-refractivity contribution is -0.156. The number of amides is 6. The zero-order valence-electron chi connectivity index (χ0n) is 34.7. The van der Waals surface area contributed by atoms with Crippen molar-refractivity contribution >= 4 is 35.4 Å². The van der Waals surface area contributed by atoms with E-state index in [-0.39, 0.29) is 48.3 Å². The van der Waals surface area contributed by atoms with E-state index in [0.717, 1.165) is 19.3 Å². The second kappa shape index (κ2) is 22.8. The summed E-state index contributed by atoms with van der Waals surface area (Å²) < 4.78 is 5.93. The molecule has 7 atom stereocenters. The van der Waals surface area contributed by atoms with Crippen LogP contribution in [0.5, 0.6) is 0 Å². The fourth-order valence-corrected chi connectivity index (χ4v) is 6.81. The molecule has 0 radical (unpaired) electrons. The van der Waals surface area contributed by atoms with Gasteiger partial charge in [-0.1, -0.05) is 41.5 Å². The molecule has 53 heavy (non-hydrogen) atoms. The Labute approximate surface area is 318 Å². The van der Waals surface area contributed by atoms with Crippen LogP contribution in [0, 0.1) is 17.8 Å². The van der Waals surface area contributed by atoms with Gasteiger partial charge in [0.2, 0.25) is 35.4 Å². The topological polar surface area (TPSA) is 181 Å². The van der Waals surface area contributed by atoms with Gasteiger partial charge in [-0.2, -0.15) is 0 Å². The van der Waals surface area contributed by atoms with Crippen LogP contribution in [0.4, 0.5) is 0 Å². The van der Waals surface area contributed by atoms with E-state index in [1.165, 1.54) is 30.9 Å². The molecule has 1 rings (SSSR count). The number of carbonyl (C=O) groups is 6. The standard InChI is InChI=1S/C38H71N7O8/c1-23(2)17-18-30(47)40-28(36(51)45-19-15-14-16-20-45)22-31(48)42(10)26(7)38(53-13)44(12)33(25(5)6)37(52)43(11)29(21-24(3)4)34(49)41-32(27(8)46)35(50)39-9/h23-29,32-33,38,46H,14-22H2,1-13H3,(H,39,50)(H,40,47)(H,41,49)/t26-,27-,28+,29+,32+,33+,38?/m1/s1. The summed E-state index contributed by atoms with van der Waals surface area (Å²) in [5.74, 6) is -2.33. The predicted molar refractivity (Wildman–Crippen MR) is 204 cm³/mol. The quantitative estimate of drug-likeness (QED) is 0.127. The minimum Gasteiger partial charge on any atom is -0.391 e. The molecule has 1 aliphatic rings. The zero-order chi connectivity index (χ0) is 40.7. The maximum absolute atomic E-state index is 14.3. The molecule has 306 valence electrons. The van der Waals surface area contributed by atoms with E-state index >= 15 is 0 Å². The highest BCUT2D eigenvalue weighted by Gasteiger charge is 2.41. The predicted octanol–water partition coefficient (Wildman–Crippen LogP) is 1.57. The molecule has 0 aliphatic carbocycles. The number of piperidine rings is 1. The Kier molecular flexibility index (Phi) is 20.5. The minimum absolute atomic E-state index is 0.0123. The highest BCUT2D eigenvalue weighted by molar-refractivity contribution is 5.94. The van der Waals surface area contributed by atoms with E-state index in [1.54, 1.807) is 37.9 Å². The fourth-order valence-electron chi connectivity index (χ4n) is 6.81. The van der Waals surface area contributed by atoms with Crippen molar-refractivity contribution in [3.63, 3.8) is 0 Å². The number of methoxy groups -OCH3 is 1. The van der Waals surface area contributed by atoms with E-state index < -0.39 is 54.4 Å². The van der Waals surface area contributed by atoms with Crippen LogP contribution < -0.4 is 16.0 Å². The molecular formula is C38H71N7O8. The Bertz CT molecular complexity index is 1210. The second-order valence-corrected chi connectivity index (χ2v) is 15.8. The zero-order valence-corrected chi connectivity index (χ0v) is 34.7. The van der Waals surface area contributed by atoms with Crippen LogP contribution in [0.2, 0.25) is 0 Å². The lowest BCUT2D eigenvalue weighted by atomic mass is 9.96. The van der Waals surface area contributed by atoms with Gasteiger partial charge in [0, 0.05) is 47.8 Å². The van der Waals surface area contributed by atoms with Crippen LogP contribution in [-0.2, 0) is 33.5 Å². The van der Waals surface area contributed by atoms with Gasteiger partial charge in [0.15, 0.2) is 0 Å². The van der Waals surface area contributed by atoms with Crippen LogP contribution in [-0.4, -0.2) is 151 Å². The molecule has 0 bridgehead atoms. The first-order valence-electron chi connectivity index (χ1n) is 19.2. The number of nitrogens with one attached hydrogen (secondary N) is 3. The number of aliphatic hydroxyl groups is 1. The van der Waals surface area contributed by atoms with Gasteiger partial charge in [0.05, 0.1) is 24.6 Å². The average molecular weight is 754 g/mol. The Balaban J connectivity index is 3.31. The molecule has 1 aliphatic heterocycles. The highest BCUT2D eigenvalue weighted by atomic mass is 16.5. The number of likely N-dealkylation sites (N-methyl/N-ethyl adjacent to an activating group) is 4. The third-order valence-electron chi connectivity index (χ3n) is 10.1. The Hall–Kier alpha value is -3.30. The summed E-state index contributed by atoms with van der Waals surface area (Å²) in [6.45, 7) is 16.0. The van der Waals surface area contributed by atoms with Crippen molar-refractivity contribution in [1.82, 2.24) is 35.6 Å². The smallest absolute Gasteiger partial charge is 0.245 e. The van der Waals surface area contributed by atoms with E-state index in [0.29, 0.717) is 31.8 Å². The lowest BCUT2D eigenvalue weighted by Gasteiger charge is -2.43. The molecule has 1 fully saturated rings. The number of rotatable bonds is 21. The third-order valence-corrected chi connectivity index (χ3v) is 10.1. The van der Waals surface area contributed by atoms with Crippen LogP contribution in [0.1, 0.15) is 100 Å². The summed E-state index contributed by atoms with van der Waals surface area (Å²) in [7, 11) is 7.78. The van der Waals surface area contributed by atoms with Gasteiger partial charge in [-0.3, -0.25) is 33.7 Å². The van der Waals surface area contributed by atoms with Crippen LogP contribution in [0.25, 0.3) is 0 Å². The molecule has 1 unspecified atom stereocenters. The summed E-state index contributed by atoms with van der Waals surface area (Å²) in [5.41, 5.74) is 0. The van der Waals surface area contributed by atoms with E-state index in [4.69, 9.17) is 4.74 Å². The van der Waals surface area contributed by atoms with Crippen molar-refractivity contribution in [2.75, 3.05) is 48.4 Å².